The Bertz CT molecular complexity index is 267. The van der Waals surface area contributed by atoms with Gasteiger partial charge in [0.15, 0.2) is 0 Å². The molecule has 13 heavy (non-hydrogen) atoms. The highest BCUT2D eigenvalue weighted by atomic mass is 16.5. The fraction of sp³-hybridized carbons (Fsp3) is 0.300. The predicted octanol–water partition coefficient (Wildman–Crippen LogP) is 1.77. The number of hydrogen-bond acceptors (Lipinski definition) is 3. The zero-order valence-electron chi connectivity index (χ0n) is 7.73. The highest BCUT2D eigenvalue weighted by molar-refractivity contribution is 5.79. The molecule has 0 saturated heterocycles. The normalized spacial score (nSPS) is 10.5. The SMILES string of the molecule is CCCOc1ccc(C=NN)cc1. The molecule has 1 aromatic rings. The number of rotatable bonds is 4. The molecular formula is C10H14N2O. The molecule has 0 unspecified atom stereocenters. The number of hydrogen-bond donors (Lipinski definition) is 1. The summed E-state index contributed by atoms with van der Waals surface area (Å²) in [6.45, 7) is 2.83. The van der Waals surface area contributed by atoms with E-state index in [2.05, 4.69) is 12.0 Å². The van der Waals surface area contributed by atoms with Crippen molar-refractivity contribution in [2.45, 2.75) is 13.3 Å². The summed E-state index contributed by atoms with van der Waals surface area (Å²) >= 11 is 0. The van der Waals surface area contributed by atoms with Gasteiger partial charge in [0, 0.05) is 0 Å². The quantitative estimate of drug-likeness (QED) is 0.434. The molecule has 0 aliphatic rings. The first-order valence-corrected chi connectivity index (χ1v) is 4.33. The molecule has 0 saturated carbocycles. The van der Waals surface area contributed by atoms with Gasteiger partial charge in [-0.25, -0.2) is 0 Å². The third-order valence-electron chi connectivity index (χ3n) is 1.58. The molecule has 0 amide bonds. The van der Waals surface area contributed by atoms with E-state index in [0.29, 0.717) is 0 Å². The van der Waals surface area contributed by atoms with Crippen LogP contribution in [0.25, 0.3) is 0 Å². The first-order chi connectivity index (χ1) is 6.36. The molecular weight excluding hydrogens is 164 g/mol. The van der Waals surface area contributed by atoms with Crippen LogP contribution in [-0.2, 0) is 0 Å². The van der Waals surface area contributed by atoms with E-state index in [1.165, 1.54) is 0 Å². The van der Waals surface area contributed by atoms with Crippen LogP contribution in [0.15, 0.2) is 29.4 Å². The average molecular weight is 178 g/mol. The lowest BCUT2D eigenvalue weighted by Gasteiger charge is -2.03. The Labute approximate surface area is 78.2 Å². The minimum Gasteiger partial charge on any atom is -0.494 e. The third-order valence-corrected chi connectivity index (χ3v) is 1.58. The van der Waals surface area contributed by atoms with Crippen LogP contribution in [0.1, 0.15) is 18.9 Å². The molecule has 0 heterocycles. The van der Waals surface area contributed by atoms with Crippen molar-refractivity contribution in [1.29, 1.82) is 0 Å². The molecule has 0 fully saturated rings. The second kappa shape index (κ2) is 5.19. The predicted molar refractivity (Wildman–Crippen MR) is 54.0 cm³/mol. The van der Waals surface area contributed by atoms with Gasteiger partial charge >= 0.3 is 0 Å². The topological polar surface area (TPSA) is 47.6 Å². The summed E-state index contributed by atoms with van der Waals surface area (Å²) in [7, 11) is 0. The van der Waals surface area contributed by atoms with Gasteiger partial charge in [-0.3, -0.25) is 0 Å². The molecule has 0 aromatic heterocycles. The second-order valence-electron chi connectivity index (χ2n) is 2.70. The molecule has 0 radical (unpaired) electrons. The van der Waals surface area contributed by atoms with Gasteiger partial charge in [-0.1, -0.05) is 6.92 Å². The van der Waals surface area contributed by atoms with Crippen molar-refractivity contribution >= 4 is 6.21 Å². The fourth-order valence-electron chi connectivity index (χ4n) is 0.956. The van der Waals surface area contributed by atoms with E-state index >= 15 is 0 Å². The fourth-order valence-corrected chi connectivity index (χ4v) is 0.956. The van der Waals surface area contributed by atoms with Gasteiger partial charge in [0.25, 0.3) is 0 Å². The van der Waals surface area contributed by atoms with Gasteiger partial charge in [0.1, 0.15) is 5.75 Å². The maximum atomic E-state index is 5.41. The van der Waals surface area contributed by atoms with Crippen LogP contribution < -0.4 is 10.6 Å². The first kappa shape index (κ1) is 9.58. The lowest BCUT2D eigenvalue weighted by atomic mass is 10.2. The van der Waals surface area contributed by atoms with Crippen molar-refractivity contribution in [2.75, 3.05) is 6.61 Å². The summed E-state index contributed by atoms with van der Waals surface area (Å²) < 4.78 is 5.41. The van der Waals surface area contributed by atoms with E-state index in [9.17, 15) is 0 Å². The molecule has 3 nitrogen and oxygen atoms in total. The van der Waals surface area contributed by atoms with Crippen LogP contribution in [-0.4, -0.2) is 12.8 Å². The zero-order chi connectivity index (χ0) is 9.52. The Balaban J connectivity index is 2.58. The van der Waals surface area contributed by atoms with Gasteiger partial charge in [0.05, 0.1) is 12.8 Å². The highest BCUT2D eigenvalue weighted by Gasteiger charge is 1.91. The van der Waals surface area contributed by atoms with Crippen LogP contribution in [0.4, 0.5) is 0 Å². The Kier molecular flexibility index (Phi) is 3.82. The number of nitrogens with zero attached hydrogens (tertiary/aromatic N) is 1. The number of ether oxygens (including phenoxy) is 1. The molecule has 70 valence electrons. The van der Waals surface area contributed by atoms with Crippen molar-refractivity contribution < 1.29 is 4.74 Å². The van der Waals surface area contributed by atoms with Crippen LogP contribution in [0, 0.1) is 0 Å². The Morgan fingerprint density at radius 2 is 2.08 bits per heavy atom. The minimum atomic E-state index is 0.754. The van der Waals surface area contributed by atoms with E-state index < -0.39 is 0 Å². The molecule has 2 N–H and O–H groups in total. The summed E-state index contributed by atoms with van der Waals surface area (Å²) in [5, 5.41) is 3.43. The second-order valence-corrected chi connectivity index (χ2v) is 2.70. The summed E-state index contributed by atoms with van der Waals surface area (Å²) in [5.41, 5.74) is 0.978. The lowest BCUT2D eigenvalue weighted by molar-refractivity contribution is 0.317. The van der Waals surface area contributed by atoms with Crippen molar-refractivity contribution in [1.82, 2.24) is 0 Å². The van der Waals surface area contributed by atoms with E-state index in [-0.39, 0.29) is 0 Å². The Morgan fingerprint density at radius 3 is 2.62 bits per heavy atom. The van der Waals surface area contributed by atoms with Gasteiger partial charge in [0.2, 0.25) is 0 Å². The van der Waals surface area contributed by atoms with Crippen molar-refractivity contribution in [3.05, 3.63) is 29.8 Å². The van der Waals surface area contributed by atoms with Gasteiger partial charge in [-0.2, -0.15) is 5.10 Å². The van der Waals surface area contributed by atoms with E-state index in [0.717, 1.165) is 24.3 Å². The summed E-state index contributed by atoms with van der Waals surface area (Å²) in [5.74, 6) is 5.90. The molecule has 0 spiro atoms. The Hall–Kier alpha value is -1.51. The third kappa shape index (κ3) is 3.15. The molecule has 0 atom stereocenters. The van der Waals surface area contributed by atoms with Crippen LogP contribution in [0.2, 0.25) is 0 Å². The smallest absolute Gasteiger partial charge is 0.119 e. The Morgan fingerprint density at radius 1 is 1.38 bits per heavy atom. The lowest BCUT2D eigenvalue weighted by Crippen LogP contribution is -1.94. The maximum absolute atomic E-state index is 5.41. The number of nitrogens with two attached hydrogens (primary N) is 1. The van der Waals surface area contributed by atoms with Crippen LogP contribution >= 0.6 is 0 Å². The van der Waals surface area contributed by atoms with E-state index in [4.69, 9.17) is 10.6 Å². The summed E-state index contributed by atoms with van der Waals surface area (Å²) in [4.78, 5) is 0. The van der Waals surface area contributed by atoms with Crippen LogP contribution in [0.5, 0.6) is 5.75 Å². The highest BCUT2D eigenvalue weighted by Crippen LogP contribution is 2.10. The van der Waals surface area contributed by atoms with Gasteiger partial charge < -0.3 is 10.6 Å². The maximum Gasteiger partial charge on any atom is 0.119 e. The van der Waals surface area contributed by atoms with E-state index in [1.807, 2.05) is 24.3 Å². The molecule has 3 heteroatoms. The van der Waals surface area contributed by atoms with Crippen molar-refractivity contribution in [2.24, 2.45) is 10.9 Å². The van der Waals surface area contributed by atoms with Crippen molar-refractivity contribution in [3.8, 4) is 5.75 Å². The average Bonchev–Trinajstić information content (AvgIpc) is 2.17. The molecule has 0 aliphatic heterocycles. The molecule has 1 rings (SSSR count). The first-order valence-electron chi connectivity index (χ1n) is 4.33. The number of hydrazone groups is 1. The van der Waals surface area contributed by atoms with Gasteiger partial charge in [-0.05, 0) is 36.2 Å². The minimum absolute atomic E-state index is 0.754. The molecule has 0 bridgehead atoms. The largest absolute Gasteiger partial charge is 0.494 e. The van der Waals surface area contributed by atoms with E-state index in [1.54, 1.807) is 6.21 Å². The summed E-state index contributed by atoms with van der Waals surface area (Å²) in [6, 6.07) is 7.65. The zero-order valence-corrected chi connectivity index (χ0v) is 7.73. The molecule has 0 aliphatic carbocycles. The molecule has 1 aromatic carbocycles. The van der Waals surface area contributed by atoms with Crippen LogP contribution in [0.3, 0.4) is 0 Å². The summed E-state index contributed by atoms with van der Waals surface area (Å²) in [6.07, 6.45) is 2.62. The standard InChI is InChI=1S/C10H14N2O/c1-2-7-13-10-5-3-9(4-6-10)8-12-11/h3-6,8H,2,7,11H2,1H3. The van der Waals surface area contributed by atoms with Crippen molar-refractivity contribution in [3.63, 3.8) is 0 Å². The monoisotopic (exact) mass is 178 g/mol. The van der Waals surface area contributed by atoms with Gasteiger partial charge in [-0.15, -0.1) is 0 Å². The number of benzene rings is 1.